The van der Waals surface area contributed by atoms with Gasteiger partial charge in [-0.25, -0.2) is 8.78 Å². The molecule has 0 aliphatic carbocycles. The Morgan fingerprint density at radius 1 is 1.00 bits per heavy atom. The second kappa shape index (κ2) is 5.79. The fraction of sp³-hybridized carbons (Fsp3) is 0. The maximum Gasteiger partial charge on any atom is 0.298 e. The number of benzene rings is 2. The van der Waals surface area contributed by atoms with Gasteiger partial charge in [0.05, 0.1) is 0 Å². The minimum atomic E-state index is -0.759. The first-order valence-electron chi connectivity index (χ1n) is 5.12. The summed E-state index contributed by atoms with van der Waals surface area (Å²) in [7, 11) is 0. The molecule has 0 aliphatic rings. The van der Waals surface area contributed by atoms with E-state index < -0.39 is 11.6 Å². The van der Waals surface area contributed by atoms with Crippen molar-refractivity contribution in [3.63, 3.8) is 0 Å². The van der Waals surface area contributed by atoms with Crippen molar-refractivity contribution >= 4 is 22.4 Å². The summed E-state index contributed by atoms with van der Waals surface area (Å²) in [6.45, 7) is 0.237. The average molecular weight is 329 g/mol. The summed E-state index contributed by atoms with van der Waals surface area (Å²) in [6, 6.07) is 7.43. The zero-order valence-electron chi connectivity index (χ0n) is 9.40. The van der Waals surface area contributed by atoms with Gasteiger partial charge in [-0.2, -0.15) is 0 Å². The van der Waals surface area contributed by atoms with E-state index in [9.17, 15) is 13.6 Å². The molecule has 0 spiro atoms. The molecule has 0 N–H and O–H groups in total. The zero-order chi connectivity index (χ0) is 13.8. The topological polar surface area (TPSA) is 35.5 Å². The van der Waals surface area contributed by atoms with Gasteiger partial charge < -0.3 is 9.47 Å². The molecule has 0 atom stereocenters. The third-order valence-corrected chi connectivity index (χ3v) is 2.64. The molecule has 0 fully saturated rings. The van der Waals surface area contributed by atoms with Crippen LogP contribution >= 0.6 is 15.9 Å². The lowest BCUT2D eigenvalue weighted by molar-refractivity contribution is -0.120. The second-order valence-electron chi connectivity index (χ2n) is 3.51. The second-order valence-corrected chi connectivity index (χ2v) is 4.43. The number of carbonyl (C=O) groups is 1. The number of hydrogen-bond donors (Lipinski definition) is 0. The fourth-order valence-electron chi connectivity index (χ4n) is 1.42. The zero-order valence-corrected chi connectivity index (χ0v) is 11.0. The molecular formula is C13H7BrF2O3. The summed E-state index contributed by atoms with van der Waals surface area (Å²) in [6.07, 6.45) is 0. The minimum Gasteiger partial charge on any atom is -0.453 e. The van der Waals surface area contributed by atoms with Crippen LogP contribution in [0.2, 0.25) is 0 Å². The Labute approximate surface area is 115 Å². The van der Waals surface area contributed by atoms with Crippen LogP contribution in [0.15, 0.2) is 40.9 Å². The van der Waals surface area contributed by atoms with Crippen molar-refractivity contribution in [1.29, 1.82) is 0 Å². The summed E-state index contributed by atoms with van der Waals surface area (Å²) < 4.78 is 36.7. The lowest BCUT2D eigenvalue weighted by Gasteiger charge is -2.10. The van der Waals surface area contributed by atoms with Crippen molar-refractivity contribution in [3.05, 3.63) is 52.5 Å². The molecule has 0 radical (unpaired) electrons. The summed E-state index contributed by atoms with van der Waals surface area (Å²) >= 11 is 3.20. The van der Waals surface area contributed by atoms with Crippen molar-refractivity contribution < 1.29 is 23.0 Å². The Morgan fingerprint density at radius 3 is 2.32 bits per heavy atom. The Hall–Kier alpha value is -1.95. The van der Waals surface area contributed by atoms with Crippen molar-refractivity contribution in [2.45, 2.75) is 0 Å². The molecule has 98 valence electrons. The Kier molecular flexibility index (Phi) is 4.11. The molecule has 0 bridgehead atoms. The minimum absolute atomic E-state index is 0.0319. The molecule has 2 rings (SSSR count). The van der Waals surface area contributed by atoms with E-state index >= 15 is 0 Å². The Bertz CT molecular complexity index is 597. The molecule has 0 unspecified atom stereocenters. The average Bonchev–Trinajstić information content (AvgIpc) is 2.32. The van der Waals surface area contributed by atoms with Gasteiger partial charge in [-0.05, 0) is 18.2 Å². The van der Waals surface area contributed by atoms with E-state index in [2.05, 4.69) is 15.9 Å². The standard InChI is InChI=1S/C13H7BrF2O3/c14-8-1-2-12(13(3-8)18-7-17)19-11-5-9(15)4-10(16)6-11/h1-7H. The highest BCUT2D eigenvalue weighted by Gasteiger charge is 2.09. The summed E-state index contributed by atoms with van der Waals surface area (Å²) in [5.41, 5.74) is 0. The van der Waals surface area contributed by atoms with Crippen LogP contribution in [0, 0.1) is 11.6 Å². The first-order chi connectivity index (χ1) is 9.08. The molecule has 0 saturated heterocycles. The van der Waals surface area contributed by atoms with Crippen molar-refractivity contribution in [1.82, 2.24) is 0 Å². The van der Waals surface area contributed by atoms with Crippen LogP contribution in [0.25, 0.3) is 0 Å². The molecule has 6 heteroatoms. The van der Waals surface area contributed by atoms with Crippen molar-refractivity contribution in [2.24, 2.45) is 0 Å². The molecule has 3 nitrogen and oxygen atoms in total. The molecule has 2 aromatic rings. The number of ether oxygens (including phenoxy) is 2. The summed E-state index contributed by atoms with van der Waals surface area (Å²) in [5.74, 6) is -1.25. The Morgan fingerprint density at radius 2 is 1.68 bits per heavy atom. The van der Waals surface area contributed by atoms with Gasteiger partial charge in [-0.1, -0.05) is 15.9 Å². The summed E-state index contributed by atoms with van der Waals surface area (Å²) in [5, 5.41) is 0. The van der Waals surface area contributed by atoms with Gasteiger partial charge in [-0.3, -0.25) is 4.79 Å². The highest BCUT2D eigenvalue weighted by atomic mass is 79.9. The monoisotopic (exact) mass is 328 g/mol. The van der Waals surface area contributed by atoms with Crippen LogP contribution in [0.3, 0.4) is 0 Å². The molecule has 0 aromatic heterocycles. The van der Waals surface area contributed by atoms with E-state index in [0.717, 1.165) is 18.2 Å². The number of hydrogen-bond acceptors (Lipinski definition) is 3. The number of rotatable bonds is 4. The molecular weight excluding hydrogens is 322 g/mol. The van der Waals surface area contributed by atoms with Crippen molar-refractivity contribution in [3.8, 4) is 17.2 Å². The molecule has 19 heavy (non-hydrogen) atoms. The van der Waals surface area contributed by atoms with Gasteiger partial charge in [0, 0.05) is 22.7 Å². The Balaban J connectivity index is 2.34. The lowest BCUT2D eigenvalue weighted by Crippen LogP contribution is -1.94. The van der Waals surface area contributed by atoms with Gasteiger partial charge in [0.2, 0.25) is 0 Å². The van der Waals surface area contributed by atoms with Crippen molar-refractivity contribution in [2.75, 3.05) is 0 Å². The SMILES string of the molecule is O=COc1cc(Br)ccc1Oc1cc(F)cc(F)c1. The number of carbonyl (C=O) groups excluding carboxylic acids is 1. The quantitative estimate of drug-likeness (QED) is 0.794. The van der Waals surface area contributed by atoms with Gasteiger partial charge in [0.25, 0.3) is 6.47 Å². The third-order valence-electron chi connectivity index (χ3n) is 2.14. The largest absolute Gasteiger partial charge is 0.453 e. The van der Waals surface area contributed by atoms with Gasteiger partial charge in [-0.15, -0.1) is 0 Å². The normalized spacial score (nSPS) is 10.1. The number of halogens is 3. The van der Waals surface area contributed by atoms with E-state index in [1.54, 1.807) is 6.07 Å². The first-order valence-corrected chi connectivity index (χ1v) is 5.91. The van der Waals surface area contributed by atoms with E-state index in [0.29, 0.717) is 4.47 Å². The predicted octanol–water partition coefficient (Wildman–Crippen LogP) is 4.05. The van der Waals surface area contributed by atoms with Gasteiger partial charge in [0.15, 0.2) is 11.5 Å². The maximum atomic E-state index is 13.0. The van der Waals surface area contributed by atoms with E-state index in [4.69, 9.17) is 9.47 Å². The van der Waals surface area contributed by atoms with Crippen LogP contribution in [-0.2, 0) is 4.79 Å². The van der Waals surface area contributed by atoms with E-state index in [-0.39, 0.29) is 23.7 Å². The highest BCUT2D eigenvalue weighted by Crippen LogP contribution is 2.34. The van der Waals surface area contributed by atoms with Gasteiger partial charge in [0.1, 0.15) is 17.4 Å². The van der Waals surface area contributed by atoms with Crippen LogP contribution in [0.5, 0.6) is 17.2 Å². The van der Waals surface area contributed by atoms with E-state index in [1.807, 2.05) is 0 Å². The van der Waals surface area contributed by atoms with E-state index in [1.165, 1.54) is 12.1 Å². The third kappa shape index (κ3) is 3.51. The highest BCUT2D eigenvalue weighted by molar-refractivity contribution is 9.10. The van der Waals surface area contributed by atoms with Gasteiger partial charge >= 0.3 is 0 Å². The summed E-state index contributed by atoms with van der Waals surface area (Å²) in [4.78, 5) is 10.4. The molecule has 0 heterocycles. The lowest BCUT2D eigenvalue weighted by atomic mass is 10.3. The van der Waals surface area contributed by atoms with Crippen LogP contribution in [-0.4, -0.2) is 6.47 Å². The van der Waals surface area contributed by atoms with Crippen LogP contribution < -0.4 is 9.47 Å². The smallest absolute Gasteiger partial charge is 0.298 e. The molecule has 0 aliphatic heterocycles. The fourth-order valence-corrected chi connectivity index (χ4v) is 1.76. The predicted molar refractivity (Wildman–Crippen MR) is 67.3 cm³/mol. The van der Waals surface area contributed by atoms with Crippen LogP contribution in [0.1, 0.15) is 0 Å². The molecule has 2 aromatic carbocycles. The maximum absolute atomic E-state index is 13.0. The molecule has 0 saturated carbocycles. The van der Waals surface area contributed by atoms with Crippen LogP contribution in [0.4, 0.5) is 8.78 Å². The molecule has 0 amide bonds. The first kappa shape index (κ1) is 13.5.